The number of amides is 1. The fraction of sp³-hybridized carbons (Fsp3) is 0.407. The first-order valence-electron chi connectivity index (χ1n) is 11.5. The molecule has 2 aliphatic heterocycles. The van der Waals surface area contributed by atoms with Gasteiger partial charge < -0.3 is 19.6 Å². The summed E-state index contributed by atoms with van der Waals surface area (Å²) < 4.78 is 5.62. The summed E-state index contributed by atoms with van der Waals surface area (Å²) in [5.41, 5.74) is 2.98. The molecular weight excluding hydrogens is 414 g/mol. The summed E-state index contributed by atoms with van der Waals surface area (Å²) in [6.07, 6.45) is 6.03. The van der Waals surface area contributed by atoms with Crippen LogP contribution in [0, 0.1) is 5.92 Å². The van der Waals surface area contributed by atoms with Crippen LogP contribution in [0.3, 0.4) is 0 Å². The fourth-order valence-electron chi connectivity index (χ4n) is 4.77. The number of hydrogen-bond acceptors (Lipinski definition) is 5. The number of nitrogens with zero attached hydrogens (tertiary/aromatic N) is 3. The van der Waals surface area contributed by atoms with Crippen LogP contribution in [0.15, 0.2) is 59.6 Å². The van der Waals surface area contributed by atoms with E-state index < -0.39 is 0 Å². The average Bonchev–Trinajstić information content (AvgIpc) is 3.41. The predicted octanol–water partition coefficient (Wildman–Crippen LogP) is 3.96. The Hall–Kier alpha value is -3.12. The van der Waals surface area contributed by atoms with Gasteiger partial charge in [0, 0.05) is 38.2 Å². The molecule has 6 heteroatoms. The zero-order chi connectivity index (χ0) is 23.4. The zero-order valence-electron chi connectivity index (χ0n) is 19.6. The van der Waals surface area contributed by atoms with Crippen molar-refractivity contribution in [1.82, 2.24) is 4.90 Å². The third-order valence-electron chi connectivity index (χ3n) is 6.52. The Balaban J connectivity index is 1.45. The predicted molar refractivity (Wildman–Crippen MR) is 133 cm³/mol. The number of ether oxygens (including phenoxy) is 1. The van der Waals surface area contributed by atoms with E-state index in [1.165, 1.54) is 5.56 Å². The smallest absolute Gasteiger partial charge is 0.246 e. The highest BCUT2D eigenvalue weighted by atomic mass is 16.5. The van der Waals surface area contributed by atoms with Crippen LogP contribution in [0.4, 0.5) is 5.69 Å². The van der Waals surface area contributed by atoms with E-state index in [9.17, 15) is 9.90 Å². The molecule has 1 amide bonds. The number of aliphatic imine (C=N–C) groups is 1. The van der Waals surface area contributed by atoms with E-state index in [-0.39, 0.29) is 29.9 Å². The van der Waals surface area contributed by atoms with Crippen LogP contribution in [0.5, 0.6) is 5.75 Å². The van der Waals surface area contributed by atoms with Crippen LogP contribution < -0.4 is 9.64 Å². The van der Waals surface area contributed by atoms with Gasteiger partial charge in [-0.25, -0.2) is 0 Å². The van der Waals surface area contributed by atoms with Crippen molar-refractivity contribution < 1.29 is 14.6 Å². The molecule has 174 valence electrons. The van der Waals surface area contributed by atoms with Crippen molar-refractivity contribution in [2.45, 2.75) is 31.7 Å². The van der Waals surface area contributed by atoms with Crippen LogP contribution >= 0.6 is 0 Å². The minimum Gasteiger partial charge on any atom is -0.495 e. The zero-order valence-corrected chi connectivity index (χ0v) is 19.6. The lowest BCUT2D eigenvalue weighted by Crippen LogP contribution is -2.28. The number of hydrogen-bond donors (Lipinski definition) is 1. The molecule has 4 rings (SSSR count). The summed E-state index contributed by atoms with van der Waals surface area (Å²) in [5, 5.41) is 9.51. The van der Waals surface area contributed by atoms with Crippen molar-refractivity contribution in [2.75, 3.05) is 38.3 Å². The largest absolute Gasteiger partial charge is 0.495 e. The van der Waals surface area contributed by atoms with Gasteiger partial charge in [-0.05, 0) is 55.5 Å². The summed E-state index contributed by atoms with van der Waals surface area (Å²) in [4.78, 5) is 21.5. The third kappa shape index (κ3) is 5.28. The highest BCUT2D eigenvalue weighted by Gasteiger charge is 2.35. The highest BCUT2D eigenvalue weighted by Crippen LogP contribution is 2.35. The summed E-state index contributed by atoms with van der Waals surface area (Å²) in [6, 6.07) is 16.2. The lowest BCUT2D eigenvalue weighted by Gasteiger charge is -2.22. The van der Waals surface area contributed by atoms with Gasteiger partial charge in [0.15, 0.2) is 0 Å². The molecule has 2 atom stereocenters. The molecule has 2 aliphatic rings. The Morgan fingerprint density at radius 1 is 1.21 bits per heavy atom. The Morgan fingerprint density at radius 3 is 2.67 bits per heavy atom. The first kappa shape index (κ1) is 23.1. The number of methoxy groups -OCH3 is 1. The van der Waals surface area contributed by atoms with Gasteiger partial charge in [-0.1, -0.05) is 36.4 Å². The van der Waals surface area contributed by atoms with E-state index in [0.717, 1.165) is 23.5 Å². The lowest BCUT2D eigenvalue weighted by atomic mass is 9.87. The van der Waals surface area contributed by atoms with E-state index in [2.05, 4.69) is 35.9 Å². The summed E-state index contributed by atoms with van der Waals surface area (Å²) >= 11 is 0. The number of aliphatic hydroxyl groups excluding tert-OH is 1. The average molecular weight is 448 g/mol. The Kier molecular flexibility index (Phi) is 6.84. The molecule has 0 unspecified atom stereocenters. The molecule has 0 spiro atoms. The minimum atomic E-state index is -0.114. The maximum atomic E-state index is 13.0. The van der Waals surface area contributed by atoms with Gasteiger partial charge in [0.1, 0.15) is 5.75 Å². The maximum absolute atomic E-state index is 13.0. The number of likely N-dealkylation sites (tertiary alicyclic amines) is 1. The fourth-order valence-corrected chi connectivity index (χ4v) is 4.77. The maximum Gasteiger partial charge on any atom is 0.246 e. The van der Waals surface area contributed by atoms with Crippen LogP contribution in [0.2, 0.25) is 0 Å². The van der Waals surface area contributed by atoms with Gasteiger partial charge in [0.2, 0.25) is 5.91 Å². The number of carbonyl (C=O) groups excluding carboxylic acids is 1. The quantitative estimate of drug-likeness (QED) is 0.653. The van der Waals surface area contributed by atoms with Crippen molar-refractivity contribution in [3.63, 3.8) is 0 Å². The first-order valence-corrected chi connectivity index (χ1v) is 11.5. The molecule has 0 aromatic heterocycles. The SMILES string of the molecule is COc1cc(/C=C/C(=O)N2C[C@@H](CCO)[C@H](c3ccccc3)C2)ccc1N1C=NC(C)(C)C1. The standard InChI is InChI=1S/C27H33N3O3/c1-27(2)18-30(19-28-27)24-11-9-20(15-25(24)33-3)10-12-26(32)29-16-22(13-14-31)23(17-29)21-7-5-4-6-8-21/h4-12,15,19,22-23,31H,13-14,16-18H2,1-3H3/b12-10+/t22-,23+/m1/s1. The second-order valence-electron chi connectivity index (χ2n) is 9.48. The molecular formula is C27H33N3O3. The van der Waals surface area contributed by atoms with E-state index in [0.29, 0.717) is 19.5 Å². The molecule has 1 fully saturated rings. The first-order chi connectivity index (χ1) is 15.9. The number of rotatable bonds is 7. The van der Waals surface area contributed by atoms with Gasteiger partial charge in [-0.15, -0.1) is 0 Å². The van der Waals surface area contributed by atoms with E-state index in [1.807, 2.05) is 53.7 Å². The Morgan fingerprint density at radius 2 is 2.00 bits per heavy atom. The molecule has 1 N–H and O–H groups in total. The van der Waals surface area contributed by atoms with Gasteiger partial charge in [0.25, 0.3) is 0 Å². The molecule has 0 bridgehead atoms. The van der Waals surface area contributed by atoms with Crippen molar-refractivity contribution in [1.29, 1.82) is 0 Å². The van der Waals surface area contributed by atoms with E-state index in [4.69, 9.17) is 4.74 Å². The van der Waals surface area contributed by atoms with Crippen molar-refractivity contribution >= 4 is 24.0 Å². The van der Waals surface area contributed by atoms with Crippen molar-refractivity contribution in [3.05, 3.63) is 65.7 Å². The van der Waals surface area contributed by atoms with E-state index in [1.54, 1.807) is 13.2 Å². The second kappa shape index (κ2) is 9.79. The van der Waals surface area contributed by atoms with Gasteiger partial charge in [-0.3, -0.25) is 9.79 Å². The number of carbonyl (C=O) groups is 1. The highest BCUT2D eigenvalue weighted by molar-refractivity contribution is 5.92. The topological polar surface area (TPSA) is 65.4 Å². The molecule has 0 radical (unpaired) electrons. The molecule has 1 saturated heterocycles. The van der Waals surface area contributed by atoms with Gasteiger partial charge in [-0.2, -0.15) is 0 Å². The summed E-state index contributed by atoms with van der Waals surface area (Å²) in [6.45, 7) is 6.47. The Labute approximate surface area is 196 Å². The molecule has 2 aromatic carbocycles. The third-order valence-corrected chi connectivity index (χ3v) is 6.52. The molecule has 33 heavy (non-hydrogen) atoms. The second-order valence-corrected chi connectivity index (χ2v) is 9.48. The molecule has 2 aromatic rings. The molecule has 0 saturated carbocycles. The van der Waals surface area contributed by atoms with Crippen LogP contribution in [0.1, 0.15) is 37.3 Å². The molecule has 0 aliphatic carbocycles. The van der Waals surface area contributed by atoms with E-state index >= 15 is 0 Å². The number of benzene rings is 2. The molecule has 6 nitrogen and oxygen atoms in total. The van der Waals surface area contributed by atoms with Gasteiger partial charge in [0.05, 0.1) is 24.7 Å². The van der Waals surface area contributed by atoms with Gasteiger partial charge >= 0.3 is 0 Å². The van der Waals surface area contributed by atoms with Crippen molar-refractivity contribution in [2.24, 2.45) is 10.9 Å². The Bertz CT molecular complexity index is 1030. The number of anilines is 1. The molecule has 2 heterocycles. The van der Waals surface area contributed by atoms with Crippen LogP contribution in [-0.2, 0) is 4.79 Å². The van der Waals surface area contributed by atoms with Crippen LogP contribution in [0.25, 0.3) is 6.08 Å². The normalized spacial score (nSPS) is 21.8. The lowest BCUT2D eigenvalue weighted by molar-refractivity contribution is -0.125. The van der Waals surface area contributed by atoms with Crippen LogP contribution in [-0.4, -0.2) is 61.1 Å². The monoisotopic (exact) mass is 447 g/mol. The summed E-state index contributed by atoms with van der Waals surface area (Å²) in [5.74, 6) is 1.26. The minimum absolute atomic E-state index is 0.00663. The van der Waals surface area contributed by atoms with Crippen molar-refractivity contribution in [3.8, 4) is 5.75 Å². The number of aliphatic hydroxyl groups is 1. The summed E-state index contributed by atoms with van der Waals surface area (Å²) in [7, 11) is 1.66.